The van der Waals surface area contributed by atoms with Gasteiger partial charge in [0.2, 0.25) is 11.8 Å². The second kappa shape index (κ2) is 10.0. The maximum atomic E-state index is 13.8. The van der Waals surface area contributed by atoms with Gasteiger partial charge in [0.25, 0.3) is 5.56 Å². The molecule has 0 radical (unpaired) electrons. The van der Waals surface area contributed by atoms with Gasteiger partial charge in [0.1, 0.15) is 0 Å². The molecule has 2 N–H and O–H groups in total. The predicted molar refractivity (Wildman–Crippen MR) is 135 cm³/mol. The summed E-state index contributed by atoms with van der Waals surface area (Å²) in [6, 6.07) is 2.68. The minimum Gasteiger partial charge on any atom is -0.396 e. The molecule has 192 valence electrons. The molecule has 9 heteroatoms. The number of carbonyl (C=O) groups excluding carboxylic acids is 2. The highest BCUT2D eigenvalue weighted by Gasteiger charge is 2.58. The van der Waals surface area contributed by atoms with Crippen molar-refractivity contribution in [2.75, 3.05) is 13.2 Å². The van der Waals surface area contributed by atoms with Gasteiger partial charge in [-0.05, 0) is 31.9 Å². The number of aryl methyl sites for hydroxylation is 1. The third-order valence-electron chi connectivity index (χ3n) is 8.12. The van der Waals surface area contributed by atoms with E-state index in [9.17, 15) is 19.5 Å². The smallest absolute Gasteiger partial charge is 0.258 e. The fourth-order valence-corrected chi connectivity index (χ4v) is 6.44. The number of amides is 2. The van der Waals surface area contributed by atoms with Crippen molar-refractivity contribution in [1.29, 1.82) is 0 Å². The Balaban J connectivity index is 1.49. The molecule has 4 atom stereocenters. The van der Waals surface area contributed by atoms with Gasteiger partial charge in [-0.25, -0.2) is 4.98 Å². The van der Waals surface area contributed by atoms with E-state index in [0.717, 1.165) is 31.4 Å². The number of pyridine rings is 1. The summed E-state index contributed by atoms with van der Waals surface area (Å²) < 4.78 is 3.58. The number of rotatable bonds is 7. The molecule has 0 unspecified atom stereocenters. The molecule has 2 aliphatic heterocycles. The number of nitrogens with zero attached hydrogens (tertiary/aromatic N) is 4. The fourth-order valence-electron chi connectivity index (χ4n) is 6.44. The summed E-state index contributed by atoms with van der Waals surface area (Å²) in [5.41, 5.74) is 2.01. The van der Waals surface area contributed by atoms with Gasteiger partial charge < -0.3 is 24.5 Å². The standard InChI is InChI=1S/C27H35N5O4/c1-3-6-17-9-10-21-24-23(25(34)28-12-11-19-13-30(2)16-29-19)20(15-33)22(14-31(21)26(17)35)32(24)27(36)18-7-4-5-8-18/h3,6,9-10,13,16,18,20,22-24,33H,4-5,7-8,11-12,14-15H2,1-2H3,(H,28,34)/b6-3+/t20-,22-,23+,24+/m1/s1. The molecule has 1 saturated heterocycles. The fraction of sp³-hybridized carbons (Fsp3) is 0.556. The quantitative estimate of drug-likeness (QED) is 0.610. The Labute approximate surface area is 210 Å². The molecule has 3 aliphatic rings. The van der Waals surface area contributed by atoms with Crippen molar-refractivity contribution in [3.05, 3.63) is 58.0 Å². The van der Waals surface area contributed by atoms with Crippen LogP contribution < -0.4 is 10.9 Å². The van der Waals surface area contributed by atoms with Gasteiger partial charge in [-0.15, -0.1) is 0 Å². The number of allylic oxidation sites excluding steroid dienone is 1. The van der Waals surface area contributed by atoms with Crippen LogP contribution in [0.4, 0.5) is 0 Å². The number of hydrogen-bond donors (Lipinski definition) is 2. The molecule has 2 fully saturated rings. The molecule has 1 aliphatic carbocycles. The van der Waals surface area contributed by atoms with Crippen molar-refractivity contribution in [2.24, 2.45) is 24.8 Å². The van der Waals surface area contributed by atoms with Crippen molar-refractivity contribution >= 4 is 17.9 Å². The Morgan fingerprint density at radius 1 is 1.25 bits per heavy atom. The molecule has 2 aromatic heterocycles. The summed E-state index contributed by atoms with van der Waals surface area (Å²) in [4.78, 5) is 46.8. The van der Waals surface area contributed by atoms with Gasteiger partial charge >= 0.3 is 0 Å². The molecule has 2 bridgehead atoms. The first-order chi connectivity index (χ1) is 17.4. The van der Waals surface area contributed by atoms with E-state index in [0.29, 0.717) is 24.2 Å². The van der Waals surface area contributed by atoms with E-state index < -0.39 is 23.9 Å². The number of imidazole rings is 1. The summed E-state index contributed by atoms with van der Waals surface area (Å²) in [5, 5.41) is 13.5. The molecule has 9 nitrogen and oxygen atoms in total. The largest absolute Gasteiger partial charge is 0.396 e. The van der Waals surface area contributed by atoms with Crippen LogP contribution >= 0.6 is 0 Å². The molecule has 2 aromatic rings. The van der Waals surface area contributed by atoms with Crippen LogP contribution in [0.2, 0.25) is 0 Å². The Hall–Kier alpha value is -3.20. The monoisotopic (exact) mass is 493 g/mol. The normalized spacial score (nSPS) is 25.5. The van der Waals surface area contributed by atoms with Gasteiger partial charge in [0, 0.05) is 62.5 Å². The van der Waals surface area contributed by atoms with Crippen LogP contribution in [-0.4, -0.2) is 55.1 Å². The Morgan fingerprint density at radius 3 is 2.69 bits per heavy atom. The predicted octanol–water partition coefficient (Wildman–Crippen LogP) is 1.65. The third-order valence-corrected chi connectivity index (χ3v) is 8.12. The lowest BCUT2D eigenvalue weighted by atomic mass is 9.86. The van der Waals surface area contributed by atoms with E-state index in [4.69, 9.17) is 0 Å². The molecule has 2 amide bonds. The van der Waals surface area contributed by atoms with Crippen molar-refractivity contribution < 1.29 is 14.7 Å². The molecule has 0 spiro atoms. The van der Waals surface area contributed by atoms with E-state index >= 15 is 0 Å². The van der Waals surface area contributed by atoms with Crippen LogP contribution in [0.3, 0.4) is 0 Å². The number of fused-ring (bicyclic) bond motifs is 4. The summed E-state index contributed by atoms with van der Waals surface area (Å²) >= 11 is 0. The maximum Gasteiger partial charge on any atom is 0.258 e. The highest BCUT2D eigenvalue weighted by Crippen LogP contribution is 2.49. The highest BCUT2D eigenvalue weighted by atomic mass is 16.3. The van der Waals surface area contributed by atoms with Crippen LogP contribution in [0.25, 0.3) is 6.08 Å². The zero-order valence-electron chi connectivity index (χ0n) is 21.0. The summed E-state index contributed by atoms with van der Waals surface area (Å²) in [6.07, 6.45) is 11.6. The Morgan fingerprint density at radius 2 is 2.03 bits per heavy atom. The lowest BCUT2D eigenvalue weighted by molar-refractivity contribution is -0.141. The zero-order chi connectivity index (χ0) is 25.4. The van der Waals surface area contributed by atoms with E-state index in [1.807, 2.05) is 41.8 Å². The molecule has 4 heterocycles. The Bertz CT molecular complexity index is 1220. The highest BCUT2D eigenvalue weighted by molar-refractivity contribution is 5.85. The second-order valence-electron chi connectivity index (χ2n) is 10.3. The minimum atomic E-state index is -0.630. The number of aromatic nitrogens is 3. The molecular formula is C27H35N5O4. The van der Waals surface area contributed by atoms with Crippen LogP contribution in [0.5, 0.6) is 0 Å². The molecule has 0 aromatic carbocycles. The van der Waals surface area contributed by atoms with Crippen LogP contribution in [0.1, 0.15) is 55.6 Å². The molecule has 1 saturated carbocycles. The number of aliphatic hydroxyl groups is 1. The van der Waals surface area contributed by atoms with E-state index in [1.54, 1.807) is 23.0 Å². The van der Waals surface area contributed by atoms with E-state index in [-0.39, 0.29) is 36.4 Å². The topological polar surface area (TPSA) is 109 Å². The van der Waals surface area contributed by atoms with Crippen LogP contribution in [0, 0.1) is 17.8 Å². The second-order valence-corrected chi connectivity index (χ2v) is 10.3. The summed E-state index contributed by atoms with van der Waals surface area (Å²) in [7, 11) is 1.90. The molecule has 5 rings (SSSR count). The summed E-state index contributed by atoms with van der Waals surface area (Å²) in [6.45, 7) is 2.34. The number of hydrogen-bond acceptors (Lipinski definition) is 5. The van der Waals surface area contributed by atoms with E-state index in [2.05, 4.69) is 10.3 Å². The summed E-state index contributed by atoms with van der Waals surface area (Å²) in [5.74, 6) is -1.27. The average Bonchev–Trinajstić information content (AvgIpc) is 3.59. The SMILES string of the molecule is C/C=C/c1ccc2n(c1=O)C[C@@H]1[C@@H](CO)[C@H](C(=O)NCCc3cn(C)cn3)[C@H]2N1C(=O)C1CCCC1. The average molecular weight is 494 g/mol. The first kappa shape index (κ1) is 24.5. The van der Waals surface area contributed by atoms with Crippen molar-refractivity contribution in [1.82, 2.24) is 24.3 Å². The van der Waals surface area contributed by atoms with Crippen molar-refractivity contribution in [3.63, 3.8) is 0 Å². The minimum absolute atomic E-state index is 0.0547. The lowest BCUT2D eigenvalue weighted by Crippen LogP contribution is -2.50. The Kier molecular flexibility index (Phi) is 6.83. The number of aliphatic hydroxyl groups excluding tert-OH is 1. The van der Waals surface area contributed by atoms with Gasteiger partial charge in [0.15, 0.2) is 0 Å². The van der Waals surface area contributed by atoms with Gasteiger partial charge in [-0.2, -0.15) is 0 Å². The maximum absolute atomic E-state index is 13.8. The van der Waals surface area contributed by atoms with Gasteiger partial charge in [0.05, 0.1) is 30.0 Å². The number of carbonyl (C=O) groups is 2. The van der Waals surface area contributed by atoms with Crippen molar-refractivity contribution in [3.8, 4) is 0 Å². The first-order valence-electron chi connectivity index (χ1n) is 13.0. The van der Waals surface area contributed by atoms with Gasteiger partial charge in [-0.3, -0.25) is 14.4 Å². The third kappa shape index (κ3) is 4.19. The number of nitrogens with one attached hydrogen (secondary N) is 1. The lowest BCUT2D eigenvalue weighted by Gasteiger charge is -2.39. The van der Waals surface area contributed by atoms with Gasteiger partial charge in [-0.1, -0.05) is 25.0 Å². The molecule has 36 heavy (non-hydrogen) atoms. The zero-order valence-corrected chi connectivity index (χ0v) is 21.0. The van der Waals surface area contributed by atoms with Crippen LogP contribution in [-0.2, 0) is 29.6 Å². The van der Waals surface area contributed by atoms with Crippen molar-refractivity contribution in [2.45, 2.75) is 57.7 Å². The molecular weight excluding hydrogens is 458 g/mol. The van der Waals surface area contributed by atoms with Crippen LogP contribution in [0.15, 0.2) is 35.5 Å². The van der Waals surface area contributed by atoms with E-state index in [1.165, 1.54) is 0 Å². The first-order valence-corrected chi connectivity index (χ1v) is 13.0.